The summed E-state index contributed by atoms with van der Waals surface area (Å²) >= 11 is 7.50. The van der Waals surface area contributed by atoms with Crippen molar-refractivity contribution in [2.24, 2.45) is 0 Å². The van der Waals surface area contributed by atoms with Crippen molar-refractivity contribution < 1.29 is 4.74 Å². The molecular weight excluding hydrogens is 396 g/mol. The van der Waals surface area contributed by atoms with Crippen LogP contribution in [0.4, 0.5) is 11.6 Å². The number of aromatic nitrogens is 3. The van der Waals surface area contributed by atoms with E-state index in [-0.39, 0.29) is 17.9 Å². The van der Waals surface area contributed by atoms with E-state index in [4.69, 9.17) is 16.3 Å². The zero-order valence-electron chi connectivity index (χ0n) is 15.7. The summed E-state index contributed by atoms with van der Waals surface area (Å²) in [5.41, 5.74) is 2.03. The number of ether oxygens (including phenoxy) is 1. The first-order valence-corrected chi connectivity index (χ1v) is 10.4. The van der Waals surface area contributed by atoms with Gasteiger partial charge in [0, 0.05) is 10.7 Å². The maximum Gasteiger partial charge on any atom is 0.281 e. The Bertz CT molecular complexity index is 975. The third-order valence-corrected chi connectivity index (χ3v) is 5.04. The van der Waals surface area contributed by atoms with Crippen LogP contribution >= 0.6 is 23.4 Å². The zero-order valence-corrected chi connectivity index (χ0v) is 17.3. The van der Waals surface area contributed by atoms with Crippen LogP contribution in [0.15, 0.2) is 53.3 Å². The predicted octanol–water partition coefficient (Wildman–Crippen LogP) is 4.63. The Hall–Kier alpha value is -2.51. The molecule has 0 unspecified atom stereocenters. The second kappa shape index (κ2) is 9.61. The molecule has 6 nitrogen and oxygen atoms in total. The molecule has 0 saturated carbocycles. The average Bonchev–Trinajstić information content (AvgIpc) is 2.70. The summed E-state index contributed by atoms with van der Waals surface area (Å²) in [6.45, 7) is 4.10. The van der Waals surface area contributed by atoms with Gasteiger partial charge in [-0.25, -0.2) is 0 Å². The lowest BCUT2D eigenvalue weighted by molar-refractivity contribution is 0.296. The van der Waals surface area contributed by atoms with Gasteiger partial charge in [0.15, 0.2) is 5.69 Å². The van der Waals surface area contributed by atoms with Crippen LogP contribution in [0.5, 0.6) is 5.75 Å². The van der Waals surface area contributed by atoms with Crippen molar-refractivity contribution in [1.82, 2.24) is 14.8 Å². The largest absolute Gasteiger partial charge is 0.487 e. The summed E-state index contributed by atoms with van der Waals surface area (Å²) in [6, 6.07) is 14.8. The smallest absolute Gasteiger partial charge is 0.281 e. The molecular formula is C20H21ClN4O2S. The van der Waals surface area contributed by atoms with Crippen LogP contribution in [0, 0.1) is 6.92 Å². The van der Waals surface area contributed by atoms with Crippen LogP contribution in [-0.4, -0.2) is 20.5 Å². The Morgan fingerprint density at radius 2 is 1.82 bits per heavy atom. The SMILES string of the molecule is CCSCn1c(Nc2ccc(C)cc2)nnc(COc2ccc(Cl)cc2)c1=O. The van der Waals surface area contributed by atoms with E-state index in [1.807, 2.05) is 38.1 Å². The minimum Gasteiger partial charge on any atom is -0.487 e. The molecule has 2 aromatic carbocycles. The van der Waals surface area contributed by atoms with Gasteiger partial charge in [0.2, 0.25) is 5.95 Å². The van der Waals surface area contributed by atoms with Gasteiger partial charge in [0.05, 0.1) is 5.88 Å². The molecule has 1 N–H and O–H groups in total. The van der Waals surface area contributed by atoms with E-state index in [9.17, 15) is 4.79 Å². The molecule has 3 rings (SSSR count). The summed E-state index contributed by atoms with van der Waals surface area (Å²) in [6.07, 6.45) is 0. The molecule has 146 valence electrons. The van der Waals surface area contributed by atoms with Gasteiger partial charge in [-0.3, -0.25) is 9.36 Å². The van der Waals surface area contributed by atoms with Crippen molar-refractivity contribution in [3.63, 3.8) is 0 Å². The van der Waals surface area contributed by atoms with E-state index in [0.717, 1.165) is 17.0 Å². The molecule has 3 aromatic rings. The average molecular weight is 417 g/mol. The fraction of sp³-hybridized carbons (Fsp3) is 0.250. The van der Waals surface area contributed by atoms with Crippen LogP contribution in [0.1, 0.15) is 18.2 Å². The molecule has 1 aromatic heterocycles. The number of benzene rings is 2. The molecule has 0 saturated heterocycles. The van der Waals surface area contributed by atoms with Gasteiger partial charge in [-0.1, -0.05) is 36.2 Å². The molecule has 0 atom stereocenters. The number of anilines is 2. The molecule has 0 aliphatic rings. The van der Waals surface area contributed by atoms with Crippen LogP contribution in [0.25, 0.3) is 0 Å². The van der Waals surface area contributed by atoms with Crippen LogP contribution < -0.4 is 15.6 Å². The molecule has 0 bridgehead atoms. The lowest BCUT2D eigenvalue weighted by Crippen LogP contribution is -2.29. The monoisotopic (exact) mass is 416 g/mol. The van der Waals surface area contributed by atoms with Crippen LogP contribution in [0.3, 0.4) is 0 Å². The molecule has 0 spiro atoms. The number of halogens is 1. The van der Waals surface area contributed by atoms with Crippen molar-refractivity contribution in [2.75, 3.05) is 11.1 Å². The quantitative estimate of drug-likeness (QED) is 0.577. The Balaban J connectivity index is 1.82. The molecule has 1 heterocycles. The third kappa shape index (κ3) is 5.27. The maximum atomic E-state index is 12.9. The topological polar surface area (TPSA) is 69.0 Å². The summed E-state index contributed by atoms with van der Waals surface area (Å²) in [5.74, 6) is 2.38. The van der Waals surface area contributed by atoms with E-state index >= 15 is 0 Å². The predicted molar refractivity (Wildman–Crippen MR) is 115 cm³/mol. The van der Waals surface area contributed by atoms with Crippen LogP contribution in [0.2, 0.25) is 5.02 Å². The first kappa shape index (κ1) is 20.2. The summed E-state index contributed by atoms with van der Waals surface area (Å²) in [7, 11) is 0. The second-order valence-electron chi connectivity index (χ2n) is 6.06. The second-order valence-corrected chi connectivity index (χ2v) is 7.74. The Labute approximate surface area is 172 Å². The lowest BCUT2D eigenvalue weighted by atomic mass is 10.2. The van der Waals surface area contributed by atoms with Gasteiger partial charge in [-0.05, 0) is 49.1 Å². The summed E-state index contributed by atoms with van der Waals surface area (Å²) in [4.78, 5) is 12.9. The zero-order chi connectivity index (χ0) is 19.9. The van der Waals surface area contributed by atoms with Crippen molar-refractivity contribution in [3.8, 4) is 5.75 Å². The highest BCUT2D eigenvalue weighted by Gasteiger charge is 2.13. The Morgan fingerprint density at radius 1 is 1.11 bits per heavy atom. The normalized spacial score (nSPS) is 10.7. The van der Waals surface area contributed by atoms with E-state index in [0.29, 0.717) is 22.6 Å². The number of nitrogens with one attached hydrogen (secondary N) is 1. The van der Waals surface area contributed by atoms with Crippen LogP contribution in [-0.2, 0) is 12.5 Å². The molecule has 0 aliphatic heterocycles. The minimum atomic E-state index is -0.223. The number of nitrogens with zero attached hydrogens (tertiary/aromatic N) is 3. The van der Waals surface area contributed by atoms with E-state index in [2.05, 4.69) is 15.5 Å². The minimum absolute atomic E-state index is 0.0368. The Morgan fingerprint density at radius 3 is 2.50 bits per heavy atom. The first-order valence-electron chi connectivity index (χ1n) is 8.83. The standard InChI is InChI=1S/C20H21ClN4O2S/c1-3-28-13-25-19(26)18(12-27-17-10-6-15(21)7-11-17)23-24-20(25)22-16-8-4-14(2)5-9-16/h4-11H,3,12-13H2,1-2H3,(H,22,24). The van der Waals surface area contributed by atoms with E-state index in [1.54, 1.807) is 40.6 Å². The number of hydrogen-bond acceptors (Lipinski definition) is 6. The van der Waals surface area contributed by atoms with E-state index in [1.165, 1.54) is 0 Å². The van der Waals surface area contributed by atoms with Gasteiger partial charge in [0.25, 0.3) is 5.56 Å². The van der Waals surface area contributed by atoms with Gasteiger partial charge >= 0.3 is 0 Å². The molecule has 28 heavy (non-hydrogen) atoms. The maximum absolute atomic E-state index is 12.9. The fourth-order valence-corrected chi connectivity index (χ4v) is 3.12. The van der Waals surface area contributed by atoms with Gasteiger partial charge in [0.1, 0.15) is 12.4 Å². The van der Waals surface area contributed by atoms with Crippen molar-refractivity contribution >= 4 is 35.0 Å². The highest BCUT2D eigenvalue weighted by Crippen LogP contribution is 2.18. The number of aryl methyl sites for hydroxylation is 1. The highest BCUT2D eigenvalue weighted by atomic mass is 35.5. The number of thioether (sulfide) groups is 1. The highest BCUT2D eigenvalue weighted by molar-refractivity contribution is 7.98. The molecule has 0 aliphatic carbocycles. The molecule has 0 amide bonds. The van der Waals surface area contributed by atoms with Crippen molar-refractivity contribution in [3.05, 3.63) is 75.2 Å². The first-order chi connectivity index (χ1) is 13.6. The third-order valence-electron chi connectivity index (χ3n) is 3.93. The van der Waals surface area contributed by atoms with Gasteiger partial charge in [-0.15, -0.1) is 22.0 Å². The molecule has 0 radical (unpaired) electrons. The number of rotatable bonds is 8. The van der Waals surface area contributed by atoms with Crippen molar-refractivity contribution in [1.29, 1.82) is 0 Å². The van der Waals surface area contributed by atoms with Gasteiger partial charge < -0.3 is 10.1 Å². The molecule has 8 heteroatoms. The van der Waals surface area contributed by atoms with E-state index < -0.39 is 0 Å². The van der Waals surface area contributed by atoms with Crippen molar-refractivity contribution in [2.45, 2.75) is 26.3 Å². The summed E-state index contributed by atoms with van der Waals surface area (Å²) < 4.78 is 7.24. The lowest BCUT2D eigenvalue weighted by Gasteiger charge is -2.14. The number of hydrogen-bond donors (Lipinski definition) is 1. The fourth-order valence-electron chi connectivity index (χ4n) is 2.39. The van der Waals surface area contributed by atoms with Gasteiger partial charge in [-0.2, -0.15) is 0 Å². The molecule has 0 fully saturated rings. The Kier molecular flexibility index (Phi) is 6.95. The summed E-state index contributed by atoms with van der Waals surface area (Å²) in [5, 5.41) is 12.1.